The summed E-state index contributed by atoms with van der Waals surface area (Å²) in [5.41, 5.74) is 2.87. The first-order valence-electron chi connectivity index (χ1n) is 13.7. The highest BCUT2D eigenvalue weighted by atomic mass is 19.2. The number of hydrogen-bond donors (Lipinski definition) is 0. The molecular formula is C33H37F3O2. The highest BCUT2D eigenvalue weighted by Crippen LogP contribution is 2.33. The molecule has 3 aromatic rings. The van der Waals surface area contributed by atoms with Gasteiger partial charge in [0.05, 0.1) is 13.2 Å². The first-order valence-corrected chi connectivity index (χ1v) is 13.7. The summed E-state index contributed by atoms with van der Waals surface area (Å²) in [6.07, 6.45) is 9.01. The second-order valence-electron chi connectivity index (χ2n) is 10.1. The molecule has 202 valence electrons. The lowest BCUT2D eigenvalue weighted by molar-refractivity contribution is -0.205. The van der Waals surface area contributed by atoms with Crippen molar-refractivity contribution in [2.45, 2.75) is 64.6 Å². The molecule has 1 fully saturated rings. The van der Waals surface area contributed by atoms with E-state index < -0.39 is 23.7 Å². The molecule has 0 spiro atoms. The van der Waals surface area contributed by atoms with Crippen molar-refractivity contribution in [1.82, 2.24) is 0 Å². The zero-order valence-corrected chi connectivity index (χ0v) is 22.2. The minimum Gasteiger partial charge on any atom is -0.348 e. The average molecular weight is 523 g/mol. The molecule has 0 bridgehead atoms. The number of ether oxygens (including phenoxy) is 2. The highest BCUT2D eigenvalue weighted by molar-refractivity contribution is 5.71. The maximum absolute atomic E-state index is 15.1. The minimum absolute atomic E-state index is 0.206. The molecule has 0 radical (unpaired) electrons. The van der Waals surface area contributed by atoms with E-state index in [-0.39, 0.29) is 5.56 Å². The second-order valence-corrected chi connectivity index (χ2v) is 10.1. The molecular weight excluding hydrogens is 485 g/mol. The van der Waals surface area contributed by atoms with Crippen LogP contribution in [-0.2, 0) is 15.9 Å². The van der Waals surface area contributed by atoms with Crippen molar-refractivity contribution in [1.29, 1.82) is 0 Å². The minimum atomic E-state index is -0.835. The van der Waals surface area contributed by atoms with Crippen LogP contribution in [0.3, 0.4) is 0 Å². The van der Waals surface area contributed by atoms with Crippen molar-refractivity contribution in [3.05, 3.63) is 95.8 Å². The summed E-state index contributed by atoms with van der Waals surface area (Å²) in [4.78, 5) is 0. The smallest absolute Gasteiger partial charge is 0.183 e. The quantitative estimate of drug-likeness (QED) is 0.174. The van der Waals surface area contributed by atoms with E-state index in [0.717, 1.165) is 38.5 Å². The van der Waals surface area contributed by atoms with Gasteiger partial charge in [0, 0.05) is 22.6 Å². The number of halogens is 3. The Morgan fingerprint density at radius 3 is 2.13 bits per heavy atom. The molecule has 1 saturated heterocycles. The summed E-state index contributed by atoms with van der Waals surface area (Å²) < 4.78 is 56.3. The maximum Gasteiger partial charge on any atom is 0.183 e. The van der Waals surface area contributed by atoms with E-state index in [4.69, 9.17) is 9.47 Å². The summed E-state index contributed by atoms with van der Waals surface area (Å²) in [7, 11) is 0. The summed E-state index contributed by atoms with van der Waals surface area (Å²) >= 11 is 0. The number of hydrogen-bond acceptors (Lipinski definition) is 2. The van der Waals surface area contributed by atoms with Gasteiger partial charge in [-0.25, -0.2) is 13.2 Å². The maximum atomic E-state index is 15.1. The van der Waals surface area contributed by atoms with Crippen LogP contribution in [0.2, 0.25) is 0 Å². The third-order valence-electron chi connectivity index (χ3n) is 7.23. The largest absolute Gasteiger partial charge is 0.348 e. The first kappa shape index (κ1) is 28.1. The molecule has 3 aromatic carbocycles. The predicted octanol–water partition coefficient (Wildman–Crippen LogP) is 9.58. The van der Waals surface area contributed by atoms with Gasteiger partial charge in [-0.15, -0.1) is 6.58 Å². The first-order chi connectivity index (χ1) is 18.5. The molecule has 0 unspecified atom stereocenters. The van der Waals surface area contributed by atoms with Crippen molar-refractivity contribution < 1.29 is 22.6 Å². The molecule has 5 heteroatoms. The van der Waals surface area contributed by atoms with Crippen LogP contribution in [0, 0.1) is 23.4 Å². The van der Waals surface area contributed by atoms with Crippen LogP contribution in [0.15, 0.2) is 67.3 Å². The fourth-order valence-corrected chi connectivity index (χ4v) is 4.92. The monoisotopic (exact) mass is 522 g/mol. The van der Waals surface area contributed by atoms with Gasteiger partial charge in [0.1, 0.15) is 5.82 Å². The van der Waals surface area contributed by atoms with Crippen molar-refractivity contribution >= 4 is 0 Å². The van der Waals surface area contributed by atoms with Gasteiger partial charge in [0.25, 0.3) is 0 Å². The Bertz CT molecular complexity index is 1200. The predicted molar refractivity (Wildman–Crippen MR) is 147 cm³/mol. The van der Waals surface area contributed by atoms with Crippen molar-refractivity contribution in [3.8, 4) is 22.3 Å². The Kier molecular flexibility index (Phi) is 10.2. The highest BCUT2D eigenvalue weighted by Gasteiger charge is 2.24. The lowest BCUT2D eigenvalue weighted by atomic mass is 9.96. The Morgan fingerprint density at radius 2 is 1.47 bits per heavy atom. The molecule has 38 heavy (non-hydrogen) atoms. The van der Waals surface area contributed by atoms with Gasteiger partial charge in [0.15, 0.2) is 17.9 Å². The van der Waals surface area contributed by atoms with E-state index in [1.165, 1.54) is 12.5 Å². The van der Waals surface area contributed by atoms with Gasteiger partial charge >= 0.3 is 0 Å². The molecule has 0 N–H and O–H groups in total. The number of benzene rings is 3. The second kappa shape index (κ2) is 13.8. The van der Waals surface area contributed by atoms with Crippen LogP contribution in [-0.4, -0.2) is 13.2 Å². The molecule has 0 saturated carbocycles. The number of allylic oxidation sites excluding steroid dienone is 1. The summed E-state index contributed by atoms with van der Waals surface area (Å²) in [5, 5.41) is 0. The fourth-order valence-electron chi connectivity index (χ4n) is 4.92. The normalized spacial score (nSPS) is 17.5. The molecule has 0 amide bonds. The third-order valence-corrected chi connectivity index (χ3v) is 7.23. The number of rotatable bonds is 12. The van der Waals surface area contributed by atoms with Gasteiger partial charge in [-0.3, -0.25) is 0 Å². The third kappa shape index (κ3) is 6.95. The van der Waals surface area contributed by atoms with Gasteiger partial charge in [-0.05, 0) is 48.4 Å². The molecule has 2 nitrogen and oxygen atoms in total. The van der Waals surface area contributed by atoms with Crippen LogP contribution < -0.4 is 0 Å². The SMILES string of the molecule is C=CCCC1COC(c2ccc(-c3ccc(-c4ccc(CCCCCCC)c(F)c4F)cc3)c(F)c2)OC1. The summed E-state index contributed by atoms with van der Waals surface area (Å²) in [6, 6.07) is 15.1. The van der Waals surface area contributed by atoms with Crippen molar-refractivity contribution in [3.63, 3.8) is 0 Å². The zero-order chi connectivity index (χ0) is 26.9. The molecule has 1 aliphatic heterocycles. The van der Waals surface area contributed by atoms with Gasteiger partial charge < -0.3 is 9.47 Å². The number of unbranched alkanes of at least 4 members (excludes halogenated alkanes) is 4. The molecule has 4 rings (SSSR count). The van der Waals surface area contributed by atoms with Gasteiger partial charge in [0.2, 0.25) is 0 Å². The van der Waals surface area contributed by atoms with Crippen molar-refractivity contribution in [2.24, 2.45) is 5.92 Å². The van der Waals surface area contributed by atoms with Crippen LogP contribution in [0.4, 0.5) is 13.2 Å². The lowest BCUT2D eigenvalue weighted by Crippen LogP contribution is -2.27. The molecule has 1 heterocycles. The Balaban J connectivity index is 1.41. The van der Waals surface area contributed by atoms with Crippen LogP contribution in [0.1, 0.15) is 69.3 Å². The fraction of sp³-hybridized carbons (Fsp3) is 0.394. The lowest BCUT2D eigenvalue weighted by Gasteiger charge is -2.29. The summed E-state index contributed by atoms with van der Waals surface area (Å²) in [5.74, 6) is -1.69. The summed E-state index contributed by atoms with van der Waals surface area (Å²) in [6.45, 7) is 7.03. The van der Waals surface area contributed by atoms with E-state index in [1.807, 2.05) is 6.08 Å². The zero-order valence-electron chi connectivity index (χ0n) is 22.2. The van der Waals surface area contributed by atoms with Crippen molar-refractivity contribution in [2.75, 3.05) is 13.2 Å². The average Bonchev–Trinajstić information content (AvgIpc) is 2.94. The Morgan fingerprint density at radius 1 is 0.816 bits per heavy atom. The van der Waals surface area contributed by atoms with Crippen LogP contribution in [0.5, 0.6) is 0 Å². The standard InChI is InChI=1S/C33H37F3O2/c1-3-5-7-8-9-11-26-16-19-29(32(36)31(26)35)25-14-12-24(13-15-25)28-18-17-27(20-30(28)34)33-37-21-23(22-38-33)10-6-4-2/h4,12-20,23,33H,2-3,5-11,21-22H2,1H3. The van der Waals surface area contributed by atoms with E-state index in [0.29, 0.717) is 53.4 Å². The van der Waals surface area contributed by atoms with Crippen LogP contribution >= 0.6 is 0 Å². The molecule has 1 aliphatic rings. The van der Waals surface area contributed by atoms with E-state index in [2.05, 4.69) is 13.5 Å². The molecule has 0 aromatic heterocycles. The molecule has 0 atom stereocenters. The van der Waals surface area contributed by atoms with E-state index >= 15 is 4.39 Å². The molecule has 0 aliphatic carbocycles. The van der Waals surface area contributed by atoms with E-state index in [1.54, 1.807) is 48.5 Å². The number of aryl methyl sites for hydroxylation is 1. The van der Waals surface area contributed by atoms with Crippen LogP contribution in [0.25, 0.3) is 22.3 Å². The Labute approximate surface area is 224 Å². The topological polar surface area (TPSA) is 18.5 Å². The Hall–Kier alpha value is -2.89. The van der Waals surface area contributed by atoms with Gasteiger partial charge in [-0.1, -0.05) is 87.2 Å². The van der Waals surface area contributed by atoms with Gasteiger partial charge in [-0.2, -0.15) is 0 Å². The van der Waals surface area contributed by atoms with E-state index in [9.17, 15) is 8.78 Å².